The molecule has 0 atom stereocenters. The summed E-state index contributed by atoms with van der Waals surface area (Å²) < 4.78 is 1.05. The number of rotatable bonds is 3. The predicted molar refractivity (Wildman–Crippen MR) is 84.1 cm³/mol. The van der Waals surface area contributed by atoms with Crippen LogP contribution in [0.1, 0.15) is 31.0 Å². The van der Waals surface area contributed by atoms with Gasteiger partial charge in [-0.05, 0) is 41.0 Å². The van der Waals surface area contributed by atoms with Crippen LogP contribution in [0.3, 0.4) is 0 Å². The molecule has 2 rings (SSSR count). The fourth-order valence-corrected chi connectivity index (χ4v) is 2.75. The zero-order chi connectivity index (χ0) is 14.0. The molecule has 5 nitrogen and oxygen atoms in total. The van der Waals surface area contributed by atoms with Gasteiger partial charge in [-0.2, -0.15) is 0 Å². The molecule has 0 spiro atoms. The second kappa shape index (κ2) is 5.77. The van der Waals surface area contributed by atoms with Crippen LogP contribution in [0.15, 0.2) is 12.4 Å². The molecule has 0 aliphatic heterocycles. The molecule has 0 saturated heterocycles. The number of aryl methyl sites for hydroxylation is 1. The average Bonchev–Trinajstić information content (AvgIpc) is 2.39. The Balaban J connectivity index is 2.57. The van der Waals surface area contributed by atoms with E-state index in [0.29, 0.717) is 17.6 Å². The number of nitrogens with one attached hydrogen (secondary N) is 1. The zero-order valence-electron chi connectivity index (χ0n) is 11.4. The number of aromatic nitrogens is 4. The van der Waals surface area contributed by atoms with Crippen LogP contribution >= 0.6 is 22.6 Å². The first-order valence-corrected chi connectivity index (χ1v) is 7.15. The Morgan fingerprint density at radius 3 is 2.26 bits per heavy atom. The van der Waals surface area contributed by atoms with E-state index in [-0.39, 0.29) is 0 Å². The first-order valence-electron chi connectivity index (χ1n) is 6.07. The van der Waals surface area contributed by atoms with Gasteiger partial charge in [0.2, 0.25) is 0 Å². The SMILES string of the molecule is CNc1nc(-c2ncc(C)cn2)nc(C(C)C)c1I. The first-order chi connectivity index (χ1) is 9.02. The molecule has 0 unspecified atom stereocenters. The van der Waals surface area contributed by atoms with E-state index in [1.54, 1.807) is 12.4 Å². The normalized spacial score (nSPS) is 10.8. The fourth-order valence-electron chi connectivity index (χ4n) is 1.62. The summed E-state index contributed by atoms with van der Waals surface area (Å²) in [4.78, 5) is 17.7. The highest BCUT2D eigenvalue weighted by molar-refractivity contribution is 14.1. The van der Waals surface area contributed by atoms with Crippen molar-refractivity contribution in [3.8, 4) is 11.6 Å². The van der Waals surface area contributed by atoms with Crippen LogP contribution in [0, 0.1) is 10.5 Å². The number of anilines is 1. The highest BCUT2D eigenvalue weighted by Crippen LogP contribution is 2.26. The molecular formula is C13H16IN5. The van der Waals surface area contributed by atoms with Crippen molar-refractivity contribution in [2.75, 3.05) is 12.4 Å². The Morgan fingerprint density at radius 1 is 1.11 bits per heavy atom. The number of hydrogen-bond donors (Lipinski definition) is 1. The first kappa shape index (κ1) is 14.1. The van der Waals surface area contributed by atoms with Crippen LogP contribution in [0.5, 0.6) is 0 Å². The van der Waals surface area contributed by atoms with Crippen LogP contribution in [0.2, 0.25) is 0 Å². The summed E-state index contributed by atoms with van der Waals surface area (Å²) in [5, 5.41) is 3.10. The molecule has 0 aliphatic carbocycles. The van der Waals surface area contributed by atoms with Gasteiger partial charge in [0.05, 0.1) is 9.26 Å². The van der Waals surface area contributed by atoms with Crippen molar-refractivity contribution >= 4 is 28.4 Å². The number of hydrogen-bond acceptors (Lipinski definition) is 5. The second-order valence-electron chi connectivity index (χ2n) is 4.58. The Morgan fingerprint density at radius 2 is 1.74 bits per heavy atom. The summed E-state index contributed by atoms with van der Waals surface area (Å²) in [5.41, 5.74) is 2.03. The molecule has 2 heterocycles. The molecule has 0 aliphatic rings. The topological polar surface area (TPSA) is 63.6 Å². The Bertz CT molecular complexity index is 580. The van der Waals surface area contributed by atoms with Crippen LogP contribution in [-0.4, -0.2) is 27.0 Å². The van der Waals surface area contributed by atoms with Gasteiger partial charge in [-0.3, -0.25) is 0 Å². The lowest BCUT2D eigenvalue weighted by Crippen LogP contribution is -2.07. The van der Waals surface area contributed by atoms with Gasteiger partial charge < -0.3 is 5.32 Å². The largest absolute Gasteiger partial charge is 0.372 e. The third-order valence-electron chi connectivity index (χ3n) is 2.64. The van der Waals surface area contributed by atoms with Gasteiger partial charge >= 0.3 is 0 Å². The van der Waals surface area contributed by atoms with Gasteiger partial charge in [0.15, 0.2) is 11.6 Å². The second-order valence-corrected chi connectivity index (χ2v) is 5.66. The monoisotopic (exact) mass is 369 g/mol. The smallest absolute Gasteiger partial charge is 0.200 e. The highest BCUT2D eigenvalue weighted by atomic mass is 127. The van der Waals surface area contributed by atoms with Gasteiger partial charge in [-0.25, -0.2) is 19.9 Å². The van der Waals surface area contributed by atoms with Gasteiger partial charge in [-0.15, -0.1) is 0 Å². The van der Waals surface area contributed by atoms with E-state index in [1.807, 2.05) is 14.0 Å². The van der Waals surface area contributed by atoms with Crippen LogP contribution in [0.25, 0.3) is 11.6 Å². The molecule has 0 bridgehead atoms. The zero-order valence-corrected chi connectivity index (χ0v) is 13.6. The molecule has 0 aromatic carbocycles. The summed E-state index contributed by atoms with van der Waals surface area (Å²) >= 11 is 2.27. The van der Waals surface area contributed by atoms with E-state index >= 15 is 0 Å². The van der Waals surface area contributed by atoms with E-state index in [1.165, 1.54) is 0 Å². The molecule has 0 saturated carbocycles. The Labute approximate surface area is 126 Å². The molecule has 1 N–H and O–H groups in total. The lowest BCUT2D eigenvalue weighted by atomic mass is 10.1. The maximum atomic E-state index is 4.60. The third kappa shape index (κ3) is 2.99. The molecule has 2 aromatic rings. The molecule has 19 heavy (non-hydrogen) atoms. The van der Waals surface area contributed by atoms with E-state index in [4.69, 9.17) is 0 Å². The highest BCUT2D eigenvalue weighted by Gasteiger charge is 2.16. The van der Waals surface area contributed by atoms with E-state index in [0.717, 1.165) is 20.6 Å². The lowest BCUT2D eigenvalue weighted by molar-refractivity contribution is 0.806. The Hall–Kier alpha value is -1.31. The summed E-state index contributed by atoms with van der Waals surface area (Å²) in [6, 6.07) is 0. The van der Waals surface area contributed by atoms with E-state index in [9.17, 15) is 0 Å². The minimum Gasteiger partial charge on any atom is -0.372 e. The number of halogens is 1. The Kier molecular flexibility index (Phi) is 4.28. The van der Waals surface area contributed by atoms with Crippen molar-refractivity contribution < 1.29 is 0 Å². The van der Waals surface area contributed by atoms with Crippen molar-refractivity contribution in [1.29, 1.82) is 0 Å². The molecule has 0 amide bonds. The van der Waals surface area contributed by atoms with E-state index < -0.39 is 0 Å². The summed E-state index contributed by atoms with van der Waals surface area (Å²) in [6.45, 7) is 6.19. The van der Waals surface area contributed by atoms with Gasteiger partial charge in [0.1, 0.15) is 5.82 Å². The molecule has 0 radical (unpaired) electrons. The summed E-state index contributed by atoms with van der Waals surface area (Å²) in [7, 11) is 1.86. The standard InChI is InChI=1S/C13H16IN5/c1-7(2)10-9(14)11(15-4)19-13(18-10)12-16-5-8(3)6-17-12/h5-7H,1-4H3,(H,15,18,19). The van der Waals surface area contributed by atoms with Crippen molar-refractivity contribution in [2.24, 2.45) is 0 Å². The summed E-state index contributed by atoms with van der Waals surface area (Å²) in [5.74, 6) is 2.26. The quantitative estimate of drug-likeness (QED) is 0.843. The van der Waals surface area contributed by atoms with Crippen molar-refractivity contribution in [3.05, 3.63) is 27.2 Å². The maximum absolute atomic E-state index is 4.60. The maximum Gasteiger partial charge on any atom is 0.200 e. The van der Waals surface area contributed by atoms with E-state index in [2.05, 4.69) is 61.7 Å². The molecule has 6 heteroatoms. The van der Waals surface area contributed by atoms with Crippen molar-refractivity contribution in [3.63, 3.8) is 0 Å². The van der Waals surface area contributed by atoms with Gasteiger partial charge in [0, 0.05) is 19.4 Å². The number of nitrogens with zero attached hydrogens (tertiary/aromatic N) is 4. The molecular weight excluding hydrogens is 353 g/mol. The fraction of sp³-hybridized carbons (Fsp3) is 0.385. The van der Waals surface area contributed by atoms with Crippen LogP contribution in [0.4, 0.5) is 5.82 Å². The average molecular weight is 369 g/mol. The summed E-state index contributed by atoms with van der Waals surface area (Å²) in [6.07, 6.45) is 3.55. The third-order valence-corrected chi connectivity index (χ3v) is 3.70. The van der Waals surface area contributed by atoms with Crippen LogP contribution in [-0.2, 0) is 0 Å². The molecule has 2 aromatic heterocycles. The predicted octanol–water partition coefficient (Wildman–Crippen LogP) is 3.01. The molecule has 100 valence electrons. The minimum atomic E-state index is 0.325. The van der Waals surface area contributed by atoms with Gasteiger partial charge in [-0.1, -0.05) is 13.8 Å². The minimum absolute atomic E-state index is 0.325. The van der Waals surface area contributed by atoms with Crippen molar-refractivity contribution in [2.45, 2.75) is 26.7 Å². The lowest BCUT2D eigenvalue weighted by Gasteiger charge is -2.12. The van der Waals surface area contributed by atoms with Crippen LogP contribution < -0.4 is 5.32 Å². The molecule has 0 fully saturated rings. The van der Waals surface area contributed by atoms with Crippen molar-refractivity contribution in [1.82, 2.24) is 19.9 Å². The van der Waals surface area contributed by atoms with Gasteiger partial charge in [0.25, 0.3) is 0 Å².